The van der Waals surface area contributed by atoms with Gasteiger partial charge in [0.2, 0.25) is 0 Å². The first-order valence-corrected chi connectivity index (χ1v) is 11.8. The van der Waals surface area contributed by atoms with E-state index in [1.54, 1.807) is 13.0 Å². The molecule has 0 bridgehead atoms. The number of para-hydroxylation sites is 1. The first kappa shape index (κ1) is 26.4. The zero-order valence-electron chi connectivity index (χ0n) is 21.2. The maximum atomic E-state index is 12.7. The Hall–Kier alpha value is -2.82. The third kappa shape index (κ3) is 8.23. The Kier molecular flexibility index (Phi) is 9.95. The lowest BCUT2D eigenvalue weighted by Crippen LogP contribution is -2.12. The molecule has 4 nitrogen and oxygen atoms in total. The number of carbonyl (C=O) groups is 1. The van der Waals surface area contributed by atoms with Gasteiger partial charge >= 0.3 is 0 Å². The maximum absolute atomic E-state index is 12.7. The van der Waals surface area contributed by atoms with Crippen LogP contribution in [0.15, 0.2) is 42.5 Å². The summed E-state index contributed by atoms with van der Waals surface area (Å²) in [6, 6.07) is 12.4. The number of aryl methyl sites for hydroxylation is 2. The molecule has 33 heavy (non-hydrogen) atoms. The molecular weight excluding hydrogens is 413 g/mol. The predicted octanol–water partition coefficient (Wildman–Crippen LogP) is 7.17. The van der Waals surface area contributed by atoms with Crippen molar-refractivity contribution in [3.05, 3.63) is 65.2 Å². The fourth-order valence-corrected chi connectivity index (χ4v) is 3.80. The minimum absolute atomic E-state index is 0.0342. The summed E-state index contributed by atoms with van der Waals surface area (Å²) in [4.78, 5) is 21.6. The standard InChI is InChI=1S/C11H13N3.C9H9FO.C8H16/c1-8-12-10-7-5-4-6-9(10)11(13-8)14(2)3;1-6-5-8(7(2)11)3-4-9(6)10;1-7-3-5-8(2)6-4-7/h4-7H,1-3H3;3-5H,1-2H3;7-8H,3-6H2,1-2H3. The number of nitrogens with zero attached hydrogens (tertiary/aromatic N) is 3. The SMILES string of the molecule is CC(=O)c1ccc(F)c(C)c1.CC1CCC(C)CC1.Cc1nc(N(C)C)c2ccccc2n1. The van der Waals surface area contributed by atoms with Gasteiger partial charge in [-0.3, -0.25) is 4.79 Å². The molecule has 0 saturated heterocycles. The molecule has 0 amide bonds. The Morgan fingerprint density at radius 3 is 2.03 bits per heavy atom. The summed E-state index contributed by atoms with van der Waals surface area (Å²) in [7, 11) is 3.99. The minimum atomic E-state index is -0.269. The van der Waals surface area contributed by atoms with Gasteiger partial charge in [0.1, 0.15) is 17.5 Å². The third-order valence-corrected chi connectivity index (χ3v) is 5.99. The van der Waals surface area contributed by atoms with Crippen molar-refractivity contribution in [3.63, 3.8) is 0 Å². The molecule has 0 aliphatic heterocycles. The summed E-state index contributed by atoms with van der Waals surface area (Å²) in [6.45, 7) is 9.76. The molecule has 0 atom stereocenters. The summed E-state index contributed by atoms with van der Waals surface area (Å²) < 4.78 is 12.7. The van der Waals surface area contributed by atoms with E-state index in [2.05, 4.69) is 23.8 Å². The number of carbonyl (C=O) groups excluding carboxylic acids is 1. The van der Waals surface area contributed by atoms with Crippen LogP contribution in [-0.4, -0.2) is 29.8 Å². The van der Waals surface area contributed by atoms with E-state index in [4.69, 9.17) is 0 Å². The highest BCUT2D eigenvalue weighted by atomic mass is 19.1. The largest absolute Gasteiger partial charge is 0.362 e. The lowest BCUT2D eigenvalue weighted by Gasteiger charge is -2.22. The predicted molar refractivity (Wildman–Crippen MR) is 137 cm³/mol. The lowest BCUT2D eigenvalue weighted by atomic mass is 9.84. The normalized spacial score (nSPS) is 17.3. The van der Waals surface area contributed by atoms with Crippen LogP contribution in [0.25, 0.3) is 10.9 Å². The van der Waals surface area contributed by atoms with E-state index >= 15 is 0 Å². The van der Waals surface area contributed by atoms with Crippen molar-refractivity contribution in [2.45, 2.75) is 60.3 Å². The molecule has 2 aromatic carbocycles. The van der Waals surface area contributed by atoms with Crippen molar-refractivity contribution < 1.29 is 9.18 Å². The molecule has 3 aromatic rings. The summed E-state index contributed by atoms with van der Waals surface area (Å²) in [5.41, 5.74) is 2.07. The molecule has 1 fully saturated rings. The van der Waals surface area contributed by atoms with Crippen molar-refractivity contribution in [3.8, 4) is 0 Å². The van der Waals surface area contributed by atoms with Crippen molar-refractivity contribution in [1.82, 2.24) is 9.97 Å². The fourth-order valence-electron chi connectivity index (χ4n) is 3.80. The first-order valence-electron chi connectivity index (χ1n) is 11.8. The molecular formula is C28H38FN3O. The molecule has 4 rings (SSSR count). The molecule has 1 saturated carbocycles. The second kappa shape index (κ2) is 12.4. The lowest BCUT2D eigenvalue weighted by molar-refractivity contribution is 0.101. The van der Waals surface area contributed by atoms with Gasteiger partial charge in [-0.1, -0.05) is 51.7 Å². The van der Waals surface area contributed by atoms with E-state index in [0.29, 0.717) is 11.1 Å². The van der Waals surface area contributed by atoms with Crippen molar-refractivity contribution in [2.75, 3.05) is 19.0 Å². The van der Waals surface area contributed by atoms with E-state index in [-0.39, 0.29) is 11.6 Å². The number of hydrogen-bond acceptors (Lipinski definition) is 4. The van der Waals surface area contributed by atoms with Crippen LogP contribution in [0.4, 0.5) is 10.2 Å². The van der Waals surface area contributed by atoms with Gasteiger partial charge < -0.3 is 4.90 Å². The highest BCUT2D eigenvalue weighted by Crippen LogP contribution is 2.27. The van der Waals surface area contributed by atoms with Gasteiger partial charge in [-0.15, -0.1) is 0 Å². The summed E-state index contributed by atoms with van der Waals surface area (Å²) in [5, 5.41) is 1.10. The zero-order chi connectivity index (χ0) is 24.5. The van der Waals surface area contributed by atoms with Gasteiger partial charge in [0.05, 0.1) is 5.52 Å². The van der Waals surface area contributed by atoms with Crippen molar-refractivity contribution in [1.29, 1.82) is 0 Å². The van der Waals surface area contributed by atoms with Crippen LogP contribution in [0, 0.1) is 31.5 Å². The Morgan fingerprint density at radius 1 is 0.939 bits per heavy atom. The van der Waals surface area contributed by atoms with E-state index in [1.807, 2.05) is 50.2 Å². The number of aromatic nitrogens is 2. The number of benzene rings is 2. The Labute approximate surface area is 198 Å². The van der Waals surface area contributed by atoms with E-state index in [0.717, 1.165) is 34.4 Å². The number of Topliss-reactive ketones (excluding diaryl/α,β-unsaturated/α-hetero) is 1. The number of hydrogen-bond donors (Lipinski definition) is 0. The third-order valence-electron chi connectivity index (χ3n) is 5.99. The second-order valence-corrected chi connectivity index (χ2v) is 9.39. The highest BCUT2D eigenvalue weighted by molar-refractivity contribution is 5.94. The van der Waals surface area contributed by atoms with Gasteiger partial charge in [0.15, 0.2) is 5.78 Å². The van der Waals surface area contributed by atoms with E-state index in [9.17, 15) is 9.18 Å². The first-order chi connectivity index (χ1) is 15.6. The molecule has 1 heterocycles. The second-order valence-electron chi connectivity index (χ2n) is 9.39. The van der Waals surface area contributed by atoms with Crippen LogP contribution in [0.2, 0.25) is 0 Å². The van der Waals surface area contributed by atoms with Crippen LogP contribution < -0.4 is 4.90 Å². The quantitative estimate of drug-likeness (QED) is 0.387. The van der Waals surface area contributed by atoms with E-state index < -0.39 is 0 Å². The molecule has 1 aromatic heterocycles. The number of anilines is 1. The number of rotatable bonds is 2. The minimum Gasteiger partial charge on any atom is -0.362 e. The Bertz CT molecular complexity index is 1050. The van der Waals surface area contributed by atoms with Gasteiger partial charge in [-0.25, -0.2) is 14.4 Å². The molecule has 178 valence electrons. The van der Waals surface area contributed by atoms with E-state index in [1.165, 1.54) is 44.7 Å². The van der Waals surface area contributed by atoms with Gasteiger partial charge in [-0.2, -0.15) is 0 Å². The molecule has 0 unspecified atom stereocenters. The molecule has 0 N–H and O–H groups in total. The monoisotopic (exact) mass is 451 g/mol. The Balaban J connectivity index is 0.000000182. The summed E-state index contributed by atoms with van der Waals surface area (Å²) >= 11 is 0. The van der Waals surface area contributed by atoms with Crippen molar-refractivity contribution in [2.24, 2.45) is 11.8 Å². The van der Waals surface area contributed by atoms with Gasteiger partial charge in [-0.05, 0) is 68.5 Å². The fraction of sp³-hybridized carbons (Fsp3) is 0.464. The maximum Gasteiger partial charge on any atom is 0.159 e. The summed E-state index contributed by atoms with van der Waals surface area (Å²) in [5.74, 6) is 3.53. The number of fused-ring (bicyclic) bond motifs is 1. The molecule has 1 aliphatic rings. The topological polar surface area (TPSA) is 46.1 Å². The number of halogens is 1. The van der Waals surface area contributed by atoms with Crippen LogP contribution >= 0.6 is 0 Å². The van der Waals surface area contributed by atoms with Gasteiger partial charge in [0, 0.05) is 25.0 Å². The van der Waals surface area contributed by atoms with Crippen LogP contribution in [0.5, 0.6) is 0 Å². The van der Waals surface area contributed by atoms with Gasteiger partial charge in [0.25, 0.3) is 0 Å². The van der Waals surface area contributed by atoms with Crippen LogP contribution in [-0.2, 0) is 0 Å². The molecule has 5 heteroatoms. The van der Waals surface area contributed by atoms with Crippen molar-refractivity contribution >= 4 is 22.5 Å². The number of ketones is 1. The average molecular weight is 452 g/mol. The van der Waals surface area contributed by atoms with Crippen LogP contribution in [0.3, 0.4) is 0 Å². The Morgan fingerprint density at radius 2 is 1.52 bits per heavy atom. The zero-order valence-corrected chi connectivity index (χ0v) is 21.2. The highest BCUT2D eigenvalue weighted by Gasteiger charge is 2.13. The average Bonchev–Trinajstić information content (AvgIpc) is 2.77. The summed E-state index contributed by atoms with van der Waals surface area (Å²) in [6.07, 6.45) is 5.89. The van der Waals surface area contributed by atoms with Crippen LogP contribution in [0.1, 0.15) is 68.2 Å². The smallest absolute Gasteiger partial charge is 0.159 e. The molecule has 0 spiro atoms. The molecule has 1 aliphatic carbocycles. The molecule has 0 radical (unpaired) electrons.